The van der Waals surface area contributed by atoms with E-state index in [9.17, 15) is 4.79 Å². The van der Waals surface area contributed by atoms with Crippen molar-refractivity contribution in [2.75, 3.05) is 25.5 Å². The van der Waals surface area contributed by atoms with Gasteiger partial charge in [-0.1, -0.05) is 36.4 Å². The molecule has 3 nitrogen and oxygen atoms in total. The van der Waals surface area contributed by atoms with E-state index in [0.29, 0.717) is 13.1 Å². The van der Waals surface area contributed by atoms with Gasteiger partial charge in [0.15, 0.2) is 0 Å². The number of anilines is 1. The molecule has 0 spiro atoms. The first-order chi connectivity index (χ1) is 11.1. The molecule has 0 aliphatic rings. The fraction of sp³-hybridized carbons (Fsp3) is 0.211. The number of fused-ring (bicyclic) bond motifs is 1. The van der Waals surface area contributed by atoms with E-state index in [4.69, 9.17) is 0 Å². The molecule has 1 amide bonds. The van der Waals surface area contributed by atoms with Crippen LogP contribution in [-0.4, -0.2) is 31.4 Å². The molecular formula is C19H20N2OS. The van der Waals surface area contributed by atoms with Crippen LogP contribution in [0.25, 0.3) is 10.8 Å². The molecule has 3 rings (SSSR count). The summed E-state index contributed by atoms with van der Waals surface area (Å²) in [4.78, 5) is 17.4. The fourth-order valence-corrected chi connectivity index (χ4v) is 3.31. The monoisotopic (exact) mass is 324 g/mol. The molecule has 3 aromatic rings. The molecule has 0 atom stereocenters. The van der Waals surface area contributed by atoms with Crippen molar-refractivity contribution in [1.82, 2.24) is 4.90 Å². The first-order valence-electron chi connectivity index (χ1n) is 7.60. The molecule has 0 radical (unpaired) electrons. The Kier molecular flexibility index (Phi) is 4.63. The number of hydrogen-bond acceptors (Lipinski definition) is 3. The predicted molar refractivity (Wildman–Crippen MR) is 98.0 cm³/mol. The van der Waals surface area contributed by atoms with Crippen molar-refractivity contribution >= 4 is 33.7 Å². The van der Waals surface area contributed by atoms with E-state index in [-0.39, 0.29) is 5.91 Å². The summed E-state index contributed by atoms with van der Waals surface area (Å²) in [6, 6.07) is 18.6. The zero-order chi connectivity index (χ0) is 16.2. The van der Waals surface area contributed by atoms with Crippen molar-refractivity contribution < 1.29 is 4.79 Å². The summed E-state index contributed by atoms with van der Waals surface area (Å²) in [6.45, 7) is 1.04. The third-order valence-electron chi connectivity index (χ3n) is 3.95. The summed E-state index contributed by atoms with van der Waals surface area (Å²) in [5, 5.41) is 4.44. The Morgan fingerprint density at radius 2 is 1.78 bits per heavy atom. The van der Waals surface area contributed by atoms with Crippen LogP contribution in [0.3, 0.4) is 0 Å². The molecule has 0 N–H and O–H groups in total. The van der Waals surface area contributed by atoms with E-state index in [2.05, 4.69) is 36.4 Å². The van der Waals surface area contributed by atoms with Gasteiger partial charge in [0, 0.05) is 24.7 Å². The Labute approximate surface area is 140 Å². The van der Waals surface area contributed by atoms with Gasteiger partial charge in [0.25, 0.3) is 0 Å². The van der Waals surface area contributed by atoms with Gasteiger partial charge >= 0.3 is 0 Å². The minimum absolute atomic E-state index is 0.119. The Bertz CT molecular complexity index is 798. The van der Waals surface area contributed by atoms with Gasteiger partial charge in [0.1, 0.15) is 0 Å². The molecule has 1 aromatic heterocycles. The normalized spacial score (nSPS) is 10.7. The second-order valence-electron chi connectivity index (χ2n) is 5.72. The van der Waals surface area contributed by atoms with E-state index >= 15 is 0 Å². The highest BCUT2D eigenvalue weighted by atomic mass is 32.1. The molecule has 23 heavy (non-hydrogen) atoms. The quantitative estimate of drug-likeness (QED) is 0.708. The standard InChI is InChI=1S/C19H20N2OS/c1-20(14-19(22)21(2)13-18-8-5-11-23-18)17-10-9-15-6-3-4-7-16(15)12-17/h3-12H,13-14H2,1-2H3. The second-order valence-corrected chi connectivity index (χ2v) is 6.75. The molecule has 1 heterocycles. The topological polar surface area (TPSA) is 23.6 Å². The van der Waals surface area contributed by atoms with Crippen molar-refractivity contribution in [3.63, 3.8) is 0 Å². The van der Waals surface area contributed by atoms with E-state index in [1.807, 2.05) is 42.6 Å². The molecule has 0 unspecified atom stereocenters. The van der Waals surface area contributed by atoms with E-state index in [1.54, 1.807) is 16.2 Å². The van der Waals surface area contributed by atoms with E-state index in [1.165, 1.54) is 15.6 Å². The van der Waals surface area contributed by atoms with Crippen LogP contribution in [0, 0.1) is 0 Å². The maximum Gasteiger partial charge on any atom is 0.242 e. The maximum absolute atomic E-state index is 12.4. The number of benzene rings is 2. The van der Waals surface area contributed by atoms with Crippen molar-refractivity contribution in [2.45, 2.75) is 6.54 Å². The van der Waals surface area contributed by atoms with Crippen molar-refractivity contribution in [3.05, 3.63) is 64.9 Å². The average molecular weight is 324 g/mol. The van der Waals surface area contributed by atoms with Crippen molar-refractivity contribution in [2.24, 2.45) is 0 Å². The highest BCUT2D eigenvalue weighted by Crippen LogP contribution is 2.21. The SMILES string of the molecule is CN(Cc1cccs1)C(=O)CN(C)c1ccc2ccccc2c1. The molecule has 0 saturated carbocycles. The number of likely N-dealkylation sites (N-methyl/N-ethyl adjacent to an activating group) is 2. The minimum Gasteiger partial charge on any atom is -0.365 e. The molecule has 0 fully saturated rings. The number of carbonyl (C=O) groups excluding carboxylic acids is 1. The summed E-state index contributed by atoms with van der Waals surface area (Å²) in [5.41, 5.74) is 1.06. The van der Waals surface area contributed by atoms with Crippen molar-refractivity contribution in [1.29, 1.82) is 0 Å². The van der Waals surface area contributed by atoms with Crippen LogP contribution in [0.1, 0.15) is 4.88 Å². The highest BCUT2D eigenvalue weighted by molar-refractivity contribution is 7.09. The lowest BCUT2D eigenvalue weighted by Gasteiger charge is -2.23. The average Bonchev–Trinajstić information content (AvgIpc) is 3.07. The maximum atomic E-state index is 12.4. The molecular weight excluding hydrogens is 304 g/mol. The highest BCUT2D eigenvalue weighted by Gasteiger charge is 2.13. The number of nitrogens with zero attached hydrogens (tertiary/aromatic N) is 2. The third-order valence-corrected chi connectivity index (χ3v) is 4.81. The van der Waals surface area contributed by atoms with Crippen LogP contribution in [0.4, 0.5) is 5.69 Å². The van der Waals surface area contributed by atoms with Crippen LogP contribution >= 0.6 is 11.3 Å². The predicted octanol–water partition coefficient (Wildman–Crippen LogP) is 4.00. The van der Waals surface area contributed by atoms with Crippen LogP contribution < -0.4 is 4.90 Å². The van der Waals surface area contributed by atoms with Gasteiger partial charge < -0.3 is 9.80 Å². The number of hydrogen-bond donors (Lipinski definition) is 0. The van der Waals surface area contributed by atoms with Gasteiger partial charge in [-0.15, -0.1) is 11.3 Å². The summed E-state index contributed by atoms with van der Waals surface area (Å²) in [7, 11) is 3.82. The zero-order valence-corrected chi connectivity index (χ0v) is 14.2. The Morgan fingerprint density at radius 1 is 1.00 bits per heavy atom. The largest absolute Gasteiger partial charge is 0.365 e. The molecule has 4 heteroatoms. The minimum atomic E-state index is 0.119. The lowest BCUT2D eigenvalue weighted by Crippen LogP contribution is -2.36. The first kappa shape index (κ1) is 15.6. The van der Waals surface area contributed by atoms with E-state index in [0.717, 1.165) is 5.69 Å². The summed E-state index contributed by atoms with van der Waals surface area (Å²) >= 11 is 1.68. The molecule has 0 saturated heterocycles. The van der Waals surface area contributed by atoms with Gasteiger partial charge in [-0.25, -0.2) is 0 Å². The zero-order valence-electron chi connectivity index (χ0n) is 13.4. The smallest absolute Gasteiger partial charge is 0.242 e. The molecule has 0 aliphatic heterocycles. The van der Waals surface area contributed by atoms with Crippen molar-refractivity contribution in [3.8, 4) is 0 Å². The first-order valence-corrected chi connectivity index (χ1v) is 8.48. The Hall–Kier alpha value is -2.33. The van der Waals surface area contributed by atoms with Gasteiger partial charge in [0.05, 0.1) is 13.1 Å². The van der Waals surface area contributed by atoms with Crippen LogP contribution in [0.15, 0.2) is 60.0 Å². The number of carbonyl (C=O) groups is 1. The lowest BCUT2D eigenvalue weighted by atomic mass is 10.1. The summed E-state index contributed by atoms with van der Waals surface area (Å²) in [6.07, 6.45) is 0. The van der Waals surface area contributed by atoms with Gasteiger partial charge in [-0.2, -0.15) is 0 Å². The van der Waals surface area contributed by atoms with E-state index < -0.39 is 0 Å². The number of amides is 1. The fourth-order valence-electron chi connectivity index (χ4n) is 2.55. The summed E-state index contributed by atoms with van der Waals surface area (Å²) in [5.74, 6) is 0.119. The summed E-state index contributed by atoms with van der Waals surface area (Å²) < 4.78 is 0. The lowest BCUT2D eigenvalue weighted by molar-refractivity contribution is -0.128. The van der Waals surface area contributed by atoms with Gasteiger partial charge in [-0.05, 0) is 34.4 Å². The molecule has 0 aliphatic carbocycles. The van der Waals surface area contributed by atoms with Crippen LogP contribution in [-0.2, 0) is 11.3 Å². The third kappa shape index (κ3) is 3.71. The molecule has 118 valence electrons. The van der Waals surface area contributed by atoms with Gasteiger partial charge in [-0.3, -0.25) is 4.79 Å². The van der Waals surface area contributed by atoms with Crippen LogP contribution in [0.5, 0.6) is 0 Å². The Balaban J connectivity index is 1.67. The Morgan fingerprint density at radius 3 is 2.52 bits per heavy atom. The van der Waals surface area contributed by atoms with Gasteiger partial charge in [0.2, 0.25) is 5.91 Å². The number of rotatable bonds is 5. The van der Waals surface area contributed by atoms with Crippen LogP contribution in [0.2, 0.25) is 0 Å². The molecule has 2 aromatic carbocycles. The second kappa shape index (κ2) is 6.84. The number of thiophene rings is 1. The molecule has 0 bridgehead atoms.